The fourth-order valence-electron chi connectivity index (χ4n) is 4.10. The molecule has 1 aromatic heterocycles. The topological polar surface area (TPSA) is 67.2 Å². The Morgan fingerprint density at radius 1 is 1.28 bits per heavy atom. The van der Waals surface area contributed by atoms with Crippen molar-refractivity contribution < 1.29 is 9.59 Å². The van der Waals surface area contributed by atoms with E-state index in [0.717, 1.165) is 50.0 Å². The van der Waals surface area contributed by atoms with Crippen LogP contribution in [0.1, 0.15) is 68.9 Å². The van der Waals surface area contributed by atoms with Gasteiger partial charge in [-0.05, 0) is 45.4 Å². The smallest absolute Gasteiger partial charge is 0.257 e. The first-order valence-corrected chi connectivity index (χ1v) is 9.49. The van der Waals surface area contributed by atoms with E-state index in [2.05, 4.69) is 29.2 Å². The summed E-state index contributed by atoms with van der Waals surface area (Å²) in [6, 6.07) is 0. The highest BCUT2D eigenvalue weighted by molar-refractivity contribution is 5.95. The lowest BCUT2D eigenvalue weighted by molar-refractivity contribution is -0.119. The van der Waals surface area contributed by atoms with Crippen LogP contribution in [-0.2, 0) is 17.8 Å². The number of amides is 2. The van der Waals surface area contributed by atoms with Gasteiger partial charge in [-0.1, -0.05) is 12.8 Å². The molecule has 25 heavy (non-hydrogen) atoms. The fourth-order valence-corrected chi connectivity index (χ4v) is 4.10. The highest BCUT2D eigenvalue weighted by atomic mass is 16.2. The first-order chi connectivity index (χ1) is 11.9. The van der Waals surface area contributed by atoms with Crippen molar-refractivity contribution in [1.29, 1.82) is 0 Å². The van der Waals surface area contributed by atoms with Crippen molar-refractivity contribution in [2.75, 3.05) is 13.1 Å². The average Bonchev–Trinajstić information content (AvgIpc) is 2.89. The molecule has 6 nitrogen and oxygen atoms in total. The van der Waals surface area contributed by atoms with Crippen molar-refractivity contribution in [2.24, 2.45) is 5.92 Å². The molecule has 1 atom stereocenters. The van der Waals surface area contributed by atoms with Crippen molar-refractivity contribution in [1.82, 2.24) is 20.0 Å². The molecule has 0 saturated carbocycles. The van der Waals surface area contributed by atoms with Gasteiger partial charge < -0.3 is 10.2 Å². The highest BCUT2D eigenvalue weighted by Crippen LogP contribution is 2.30. The summed E-state index contributed by atoms with van der Waals surface area (Å²) >= 11 is 0. The van der Waals surface area contributed by atoms with Crippen molar-refractivity contribution >= 4 is 11.8 Å². The van der Waals surface area contributed by atoms with Gasteiger partial charge in [-0.3, -0.25) is 14.3 Å². The Kier molecular flexibility index (Phi) is 5.16. The molecule has 0 aliphatic carbocycles. The van der Waals surface area contributed by atoms with Gasteiger partial charge in [-0.25, -0.2) is 0 Å². The monoisotopic (exact) mass is 346 g/mol. The zero-order chi connectivity index (χ0) is 18.0. The molecule has 2 aliphatic rings. The molecular weight excluding hydrogens is 316 g/mol. The second kappa shape index (κ2) is 7.18. The van der Waals surface area contributed by atoms with Gasteiger partial charge in [0.2, 0.25) is 5.91 Å². The maximum absolute atomic E-state index is 13.3. The standard InChI is InChI=1S/C19H30N4O2/c1-14(24)20-12-15-7-10-23-17(11-15)16(13-21-23)18(25)22-9-6-4-5-8-19(22,2)3/h13,15H,4-12H2,1-3H3,(H,20,24). The Morgan fingerprint density at radius 3 is 2.84 bits per heavy atom. The number of aromatic nitrogens is 2. The molecule has 0 spiro atoms. The summed E-state index contributed by atoms with van der Waals surface area (Å²) < 4.78 is 1.97. The number of carbonyl (C=O) groups is 2. The predicted molar refractivity (Wildman–Crippen MR) is 96.3 cm³/mol. The SMILES string of the molecule is CC(=O)NCC1CCn2ncc(C(=O)N3CCCCCC3(C)C)c2C1. The molecule has 3 rings (SSSR count). The maximum Gasteiger partial charge on any atom is 0.257 e. The Bertz CT molecular complexity index is 650. The third-order valence-electron chi connectivity index (χ3n) is 5.70. The minimum Gasteiger partial charge on any atom is -0.356 e. The maximum atomic E-state index is 13.3. The molecule has 2 aliphatic heterocycles. The number of aryl methyl sites for hydroxylation is 1. The number of hydrogen-bond donors (Lipinski definition) is 1. The molecular formula is C19H30N4O2. The Hall–Kier alpha value is -1.85. The van der Waals surface area contributed by atoms with Crippen molar-refractivity contribution in [3.05, 3.63) is 17.5 Å². The summed E-state index contributed by atoms with van der Waals surface area (Å²) in [7, 11) is 0. The molecule has 2 amide bonds. The molecule has 1 fully saturated rings. The minimum absolute atomic E-state index is 0.00157. The van der Waals surface area contributed by atoms with Crippen LogP contribution in [0.3, 0.4) is 0 Å². The van der Waals surface area contributed by atoms with E-state index >= 15 is 0 Å². The largest absolute Gasteiger partial charge is 0.356 e. The fraction of sp³-hybridized carbons (Fsp3) is 0.737. The first-order valence-electron chi connectivity index (χ1n) is 9.49. The van der Waals surface area contributed by atoms with E-state index in [-0.39, 0.29) is 17.4 Å². The third kappa shape index (κ3) is 3.88. The molecule has 6 heteroatoms. The second-order valence-corrected chi connectivity index (χ2v) is 8.10. The van der Waals surface area contributed by atoms with E-state index in [9.17, 15) is 9.59 Å². The van der Waals surface area contributed by atoms with Gasteiger partial charge in [0.05, 0.1) is 17.5 Å². The molecule has 1 N–H and O–H groups in total. The van der Waals surface area contributed by atoms with Crippen molar-refractivity contribution in [3.63, 3.8) is 0 Å². The molecule has 1 saturated heterocycles. The van der Waals surface area contributed by atoms with Gasteiger partial charge >= 0.3 is 0 Å². The number of rotatable bonds is 3. The number of fused-ring (bicyclic) bond motifs is 1. The van der Waals surface area contributed by atoms with Crippen LogP contribution < -0.4 is 5.32 Å². The lowest BCUT2D eigenvalue weighted by Gasteiger charge is -2.37. The first kappa shape index (κ1) is 18.0. The lowest BCUT2D eigenvalue weighted by atomic mass is 9.92. The Labute approximate surface area is 149 Å². The summed E-state index contributed by atoms with van der Waals surface area (Å²) in [5.74, 6) is 0.492. The third-order valence-corrected chi connectivity index (χ3v) is 5.70. The zero-order valence-electron chi connectivity index (χ0n) is 15.7. The van der Waals surface area contributed by atoms with Crippen LogP contribution in [0, 0.1) is 5.92 Å². The highest BCUT2D eigenvalue weighted by Gasteiger charge is 2.35. The number of carbonyl (C=O) groups excluding carboxylic acids is 2. The van der Waals surface area contributed by atoms with Crippen LogP contribution in [0.25, 0.3) is 0 Å². The summed E-state index contributed by atoms with van der Waals surface area (Å²) in [6.45, 7) is 8.20. The van der Waals surface area contributed by atoms with E-state index in [1.54, 1.807) is 13.1 Å². The molecule has 3 heterocycles. The molecule has 0 bridgehead atoms. The van der Waals surface area contributed by atoms with Gasteiger partial charge in [0.1, 0.15) is 0 Å². The van der Waals surface area contributed by atoms with E-state index in [1.807, 2.05) is 4.68 Å². The summed E-state index contributed by atoms with van der Waals surface area (Å²) in [4.78, 5) is 26.5. The summed E-state index contributed by atoms with van der Waals surface area (Å²) in [5, 5.41) is 7.36. The molecule has 1 aromatic rings. The summed E-state index contributed by atoms with van der Waals surface area (Å²) in [6.07, 6.45) is 8.03. The van der Waals surface area contributed by atoms with Gasteiger partial charge in [-0.15, -0.1) is 0 Å². The quantitative estimate of drug-likeness (QED) is 0.914. The van der Waals surface area contributed by atoms with Crippen LogP contribution in [-0.4, -0.2) is 45.1 Å². The average molecular weight is 346 g/mol. The molecule has 1 unspecified atom stereocenters. The van der Waals surface area contributed by atoms with Crippen LogP contribution in [0.2, 0.25) is 0 Å². The van der Waals surface area contributed by atoms with Gasteiger partial charge in [-0.2, -0.15) is 5.10 Å². The van der Waals surface area contributed by atoms with Crippen LogP contribution >= 0.6 is 0 Å². The predicted octanol–water partition coefficient (Wildman–Crippen LogP) is 2.38. The van der Waals surface area contributed by atoms with E-state index in [0.29, 0.717) is 12.5 Å². The van der Waals surface area contributed by atoms with Crippen molar-refractivity contribution in [3.8, 4) is 0 Å². The molecule has 138 valence electrons. The van der Waals surface area contributed by atoms with E-state index in [4.69, 9.17) is 0 Å². The zero-order valence-corrected chi connectivity index (χ0v) is 15.7. The summed E-state index contributed by atoms with van der Waals surface area (Å²) in [5.41, 5.74) is 1.68. The van der Waals surface area contributed by atoms with E-state index < -0.39 is 0 Å². The number of nitrogens with one attached hydrogen (secondary N) is 1. The Morgan fingerprint density at radius 2 is 2.08 bits per heavy atom. The molecule has 0 radical (unpaired) electrons. The van der Waals surface area contributed by atoms with Crippen LogP contribution in [0.5, 0.6) is 0 Å². The number of hydrogen-bond acceptors (Lipinski definition) is 3. The Balaban J connectivity index is 1.79. The van der Waals surface area contributed by atoms with E-state index in [1.165, 1.54) is 12.8 Å². The number of nitrogens with zero attached hydrogens (tertiary/aromatic N) is 3. The van der Waals surface area contributed by atoms with Crippen LogP contribution in [0.4, 0.5) is 0 Å². The van der Waals surface area contributed by atoms with Crippen molar-refractivity contribution in [2.45, 2.75) is 71.4 Å². The second-order valence-electron chi connectivity index (χ2n) is 8.10. The number of likely N-dealkylation sites (tertiary alicyclic amines) is 1. The van der Waals surface area contributed by atoms with Gasteiger partial charge in [0.15, 0.2) is 0 Å². The minimum atomic E-state index is -0.105. The lowest BCUT2D eigenvalue weighted by Crippen LogP contribution is -2.47. The molecule has 0 aromatic carbocycles. The van der Waals surface area contributed by atoms with Gasteiger partial charge in [0, 0.05) is 32.1 Å². The van der Waals surface area contributed by atoms with Gasteiger partial charge in [0.25, 0.3) is 5.91 Å². The normalized spacial score (nSPS) is 22.8. The van der Waals surface area contributed by atoms with Crippen LogP contribution in [0.15, 0.2) is 6.20 Å².